The number of amides is 2. The van der Waals surface area contributed by atoms with E-state index in [1.165, 1.54) is 64.2 Å². The van der Waals surface area contributed by atoms with E-state index in [0.717, 1.165) is 68.9 Å². The maximum Gasteiger partial charge on any atom is 0.253 e. The summed E-state index contributed by atoms with van der Waals surface area (Å²) in [5.74, 6) is 0.794. The van der Waals surface area contributed by atoms with Crippen LogP contribution in [-0.4, -0.2) is 30.9 Å². The van der Waals surface area contributed by atoms with Crippen LogP contribution >= 0.6 is 0 Å². The van der Waals surface area contributed by atoms with Gasteiger partial charge < -0.3 is 15.5 Å². The van der Waals surface area contributed by atoms with Crippen LogP contribution in [0.25, 0.3) is 0 Å². The molecule has 2 N–H and O–H groups in total. The van der Waals surface area contributed by atoms with E-state index < -0.39 is 0 Å². The lowest BCUT2D eigenvalue weighted by Crippen LogP contribution is -2.38. The van der Waals surface area contributed by atoms with Gasteiger partial charge >= 0.3 is 0 Å². The van der Waals surface area contributed by atoms with Gasteiger partial charge in [-0.1, -0.05) is 84.5 Å². The molecule has 0 atom stereocenters. The van der Waals surface area contributed by atoms with Gasteiger partial charge in [-0.25, -0.2) is 0 Å². The van der Waals surface area contributed by atoms with Gasteiger partial charge in [-0.15, -0.1) is 0 Å². The van der Waals surface area contributed by atoms with Crippen molar-refractivity contribution in [1.82, 2.24) is 5.32 Å². The molecule has 1 aliphatic carbocycles. The minimum atomic E-state index is 0.00515. The summed E-state index contributed by atoms with van der Waals surface area (Å²) in [5.41, 5.74) is 2.45. The predicted molar refractivity (Wildman–Crippen MR) is 152 cm³/mol. The molecule has 5 heteroatoms. The minimum absolute atomic E-state index is 0.00515. The fraction of sp³-hybridized carbons (Fsp3) is 0.742. The van der Waals surface area contributed by atoms with Crippen molar-refractivity contribution in [2.45, 2.75) is 129 Å². The van der Waals surface area contributed by atoms with E-state index in [-0.39, 0.29) is 17.9 Å². The standard InChI is InChI=1S/C31H51N3O2/c1-3-4-5-6-7-8-9-10-14-17-30(35)32-27-18-19-29(34-22-20-25(2)21-23-34)28(24-27)31(36)33-26-15-12-11-13-16-26/h18-19,24-26H,3-17,20-23H2,1-2H3,(H,32,35)(H,33,36). The first-order valence-electron chi connectivity index (χ1n) is 15.1. The van der Waals surface area contributed by atoms with E-state index >= 15 is 0 Å². The summed E-state index contributed by atoms with van der Waals surface area (Å²) in [5, 5.41) is 6.36. The van der Waals surface area contributed by atoms with Crippen molar-refractivity contribution in [2.75, 3.05) is 23.3 Å². The van der Waals surface area contributed by atoms with Gasteiger partial charge in [0.05, 0.1) is 5.56 Å². The number of hydrogen-bond donors (Lipinski definition) is 2. The van der Waals surface area contributed by atoms with Gasteiger partial charge in [0.1, 0.15) is 0 Å². The summed E-state index contributed by atoms with van der Waals surface area (Å²) in [6, 6.07) is 6.18. The molecular formula is C31H51N3O2. The first-order chi connectivity index (χ1) is 17.6. The van der Waals surface area contributed by atoms with Gasteiger partial charge in [0.25, 0.3) is 5.91 Å². The average molecular weight is 498 g/mol. The molecule has 0 bridgehead atoms. The van der Waals surface area contributed by atoms with Gasteiger partial charge in [0, 0.05) is 36.9 Å². The van der Waals surface area contributed by atoms with Gasteiger partial charge in [0.2, 0.25) is 5.91 Å². The lowest BCUT2D eigenvalue weighted by atomic mass is 9.95. The van der Waals surface area contributed by atoms with Crippen molar-refractivity contribution in [3.05, 3.63) is 23.8 Å². The highest BCUT2D eigenvalue weighted by molar-refractivity contribution is 6.02. The zero-order valence-corrected chi connectivity index (χ0v) is 23.1. The Morgan fingerprint density at radius 3 is 2.17 bits per heavy atom. The van der Waals surface area contributed by atoms with E-state index in [9.17, 15) is 9.59 Å². The number of unbranched alkanes of at least 4 members (excludes halogenated alkanes) is 8. The van der Waals surface area contributed by atoms with E-state index in [1.807, 2.05) is 18.2 Å². The van der Waals surface area contributed by atoms with Crippen LogP contribution < -0.4 is 15.5 Å². The molecule has 0 radical (unpaired) electrons. The number of carbonyl (C=O) groups excluding carboxylic acids is 2. The van der Waals surface area contributed by atoms with Crippen molar-refractivity contribution in [2.24, 2.45) is 5.92 Å². The highest BCUT2D eigenvalue weighted by atomic mass is 16.2. The largest absolute Gasteiger partial charge is 0.371 e. The molecule has 0 spiro atoms. The molecule has 0 aromatic heterocycles. The zero-order chi connectivity index (χ0) is 25.6. The molecule has 202 valence electrons. The number of nitrogens with zero attached hydrogens (tertiary/aromatic N) is 1. The highest BCUT2D eigenvalue weighted by Crippen LogP contribution is 2.29. The number of hydrogen-bond acceptors (Lipinski definition) is 3. The molecule has 1 saturated carbocycles. The lowest BCUT2D eigenvalue weighted by Gasteiger charge is -2.34. The summed E-state index contributed by atoms with van der Waals surface area (Å²) in [6.07, 6.45) is 19.8. The smallest absolute Gasteiger partial charge is 0.253 e. The third kappa shape index (κ3) is 9.78. The molecule has 1 saturated heterocycles. The molecule has 2 aliphatic rings. The summed E-state index contributed by atoms with van der Waals surface area (Å²) in [7, 11) is 0. The fourth-order valence-electron chi connectivity index (χ4n) is 5.65. The molecular weight excluding hydrogens is 446 g/mol. The van der Waals surface area contributed by atoms with Crippen molar-refractivity contribution in [3.8, 4) is 0 Å². The monoisotopic (exact) mass is 497 g/mol. The van der Waals surface area contributed by atoms with Crippen molar-refractivity contribution >= 4 is 23.2 Å². The Morgan fingerprint density at radius 2 is 1.50 bits per heavy atom. The molecule has 1 aromatic carbocycles. The number of carbonyl (C=O) groups is 2. The van der Waals surface area contributed by atoms with Crippen LogP contribution in [0.5, 0.6) is 0 Å². The number of piperidine rings is 1. The van der Waals surface area contributed by atoms with Gasteiger partial charge in [-0.3, -0.25) is 9.59 Å². The second-order valence-electron chi connectivity index (χ2n) is 11.3. The maximum absolute atomic E-state index is 13.4. The molecule has 1 heterocycles. The van der Waals surface area contributed by atoms with Crippen LogP contribution in [0, 0.1) is 5.92 Å². The van der Waals surface area contributed by atoms with E-state index in [0.29, 0.717) is 12.0 Å². The van der Waals surface area contributed by atoms with Crippen LogP contribution in [0.1, 0.15) is 133 Å². The topological polar surface area (TPSA) is 61.4 Å². The van der Waals surface area contributed by atoms with Crippen LogP contribution in [-0.2, 0) is 4.79 Å². The van der Waals surface area contributed by atoms with E-state index in [2.05, 4.69) is 29.4 Å². The zero-order valence-electron chi connectivity index (χ0n) is 23.1. The quantitative estimate of drug-likeness (QED) is 0.257. The number of nitrogens with one attached hydrogen (secondary N) is 2. The summed E-state index contributed by atoms with van der Waals surface area (Å²) >= 11 is 0. The Kier molecular flexibility index (Phi) is 12.6. The summed E-state index contributed by atoms with van der Waals surface area (Å²) in [4.78, 5) is 28.4. The van der Waals surface area contributed by atoms with Crippen molar-refractivity contribution in [3.63, 3.8) is 0 Å². The van der Waals surface area contributed by atoms with Crippen LogP contribution in [0.4, 0.5) is 11.4 Å². The Balaban J connectivity index is 1.53. The van der Waals surface area contributed by atoms with Crippen molar-refractivity contribution < 1.29 is 9.59 Å². The number of anilines is 2. The molecule has 2 amide bonds. The Hall–Kier alpha value is -2.04. The SMILES string of the molecule is CCCCCCCCCCCC(=O)Nc1ccc(N2CCC(C)CC2)c(C(=O)NC2CCCCC2)c1. The first-order valence-corrected chi connectivity index (χ1v) is 15.1. The maximum atomic E-state index is 13.4. The highest BCUT2D eigenvalue weighted by Gasteiger charge is 2.24. The molecule has 3 rings (SSSR count). The Labute approximate surface area is 220 Å². The molecule has 0 unspecified atom stereocenters. The Morgan fingerprint density at radius 1 is 0.861 bits per heavy atom. The molecule has 36 heavy (non-hydrogen) atoms. The minimum Gasteiger partial charge on any atom is -0.371 e. The number of benzene rings is 1. The van der Waals surface area contributed by atoms with Gasteiger partial charge in [-0.2, -0.15) is 0 Å². The van der Waals surface area contributed by atoms with Gasteiger partial charge in [0.15, 0.2) is 0 Å². The van der Waals surface area contributed by atoms with Crippen LogP contribution in [0.2, 0.25) is 0 Å². The summed E-state index contributed by atoms with van der Waals surface area (Å²) in [6.45, 7) is 6.52. The summed E-state index contributed by atoms with van der Waals surface area (Å²) < 4.78 is 0. The first kappa shape index (κ1) is 28.5. The molecule has 1 aromatic rings. The average Bonchev–Trinajstić information content (AvgIpc) is 2.89. The molecule has 1 aliphatic heterocycles. The Bertz CT molecular complexity index is 795. The van der Waals surface area contributed by atoms with Gasteiger partial charge in [-0.05, 0) is 56.2 Å². The van der Waals surface area contributed by atoms with E-state index in [4.69, 9.17) is 0 Å². The third-order valence-electron chi connectivity index (χ3n) is 8.10. The lowest BCUT2D eigenvalue weighted by molar-refractivity contribution is -0.116. The fourth-order valence-corrected chi connectivity index (χ4v) is 5.65. The third-order valence-corrected chi connectivity index (χ3v) is 8.10. The van der Waals surface area contributed by atoms with E-state index in [1.54, 1.807) is 0 Å². The van der Waals surface area contributed by atoms with Crippen LogP contribution in [0.3, 0.4) is 0 Å². The number of rotatable bonds is 14. The van der Waals surface area contributed by atoms with Crippen molar-refractivity contribution in [1.29, 1.82) is 0 Å². The normalized spacial score (nSPS) is 17.2. The predicted octanol–water partition coefficient (Wildman–Crippen LogP) is 7.84. The second-order valence-corrected chi connectivity index (χ2v) is 11.3. The second kappa shape index (κ2) is 15.9. The van der Waals surface area contributed by atoms with Crippen LogP contribution in [0.15, 0.2) is 18.2 Å². The molecule has 2 fully saturated rings. The molecule has 5 nitrogen and oxygen atoms in total.